The first-order valence-corrected chi connectivity index (χ1v) is 10.0. The van der Waals surface area contributed by atoms with Gasteiger partial charge >= 0.3 is 5.63 Å². The van der Waals surface area contributed by atoms with Crippen LogP contribution in [-0.4, -0.2) is 24.2 Å². The van der Waals surface area contributed by atoms with Gasteiger partial charge in [-0.15, -0.1) is 0 Å². The summed E-state index contributed by atoms with van der Waals surface area (Å²) in [5.41, 5.74) is 1.24. The predicted molar refractivity (Wildman–Crippen MR) is 118 cm³/mol. The van der Waals surface area contributed by atoms with Crippen molar-refractivity contribution in [1.29, 1.82) is 0 Å². The molecule has 1 aromatic heterocycles. The first-order valence-electron chi connectivity index (χ1n) is 10.0. The minimum absolute atomic E-state index is 0.0498. The average Bonchev–Trinajstić information content (AvgIpc) is 3.22. The van der Waals surface area contributed by atoms with Gasteiger partial charge in [0.1, 0.15) is 11.3 Å². The zero-order valence-electron chi connectivity index (χ0n) is 17.1. The van der Waals surface area contributed by atoms with E-state index in [2.05, 4.69) is 5.32 Å². The Kier molecular flexibility index (Phi) is 4.78. The molecule has 2 N–H and O–H groups in total. The Morgan fingerprint density at radius 1 is 1.03 bits per heavy atom. The fourth-order valence-electron chi connectivity index (χ4n) is 4.05. The summed E-state index contributed by atoms with van der Waals surface area (Å²) in [6, 6.07) is 20.7. The van der Waals surface area contributed by atoms with Crippen LogP contribution in [0.4, 0.5) is 5.69 Å². The molecule has 4 aromatic rings. The number of para-hydroxylation sites is 2. The van der Waals surface area contributed by atoms with Crippen molar-refractivity contribution in [2.45, 2.75) is 12.0 Å². The van der Waals surface area contributed by atoms with Gasteiger partial charge in [-0.2, -0.15) is 0 Å². The van der Waals surface area contributed by atoms with Crippen molar-refractivity contribution >= 4 is 22.6 Å². The number of anilines is 1. The smallest absolute Gasteiger partial charge is 0.344 e. The molecule has 1 aliphatic rings. The Bertz CT molecular complexity index is 1380. The summed E-state index contributed by atoms with van der Waals surface area (Å²) in [4.78, 5) is 26.3. The van der Waals surface area contributed by atoms with Crippen molar-refractivity contribution in [3.63, 3.8) is 0 Å². The third-order valence-corrected chi connectivity index (χ3v) is 5.52. The number of carbonyl (C=O) groups excluding carboxylic acids is 1. The first-order chi connectivity index (χ1) is 15.6. The minimum Gasteiger partial charge on any atom is -0.504 e. The normalized spacial score (nSPS) is 16.9. The maximum Gasteiger partial charge on any atom is 0.344 e. The summed E-state index contributed by atoms with van der Waals surface area (Å²) in [5.74, 6) is -0.673. The molecule has 0 fully saturated rings. The number of phenolic OH excluding ortho intramolecular Hbond substituents is 1. The van der Waals surface area contributed by atoms with Gasteiger partial charge in [-0.3, -0.25) is 4.79 Å². The standard InChI is InChI=1S/C25H19NO6/c1-30-19-13-14(11-12-17(19)27)20-21-22(16-9-5-6-10-18(16)31-25(21)29)32-23(20)24(28)26-15-7-3-2-4-8-15/h2-13,20,23,27H,1H3,(H,26,28)/t20-,23-/m1/s1. The number of hydrogen-bond donors (Lipinski definition) is 2. The lowest BCUT2D eigenvalue weighted by molar-refractivity contribution is -0.122. The van der Waals surface area contributed by atoms with Crippen molar-refractivity contribution in [2.75, 3.05) is 12.4 Å². The fraction of sp³-hybridized carbons (Fsp3) is 0.120. The van der Waals surface area contributed by atoms with E-state index < -0.39 is 23.6 Å². The minimum atomic E-state index is -1.03. The lowest BCUT2D eigenvalue weighted by Crippen LogP contribution is -2.35. The maximum absolute atomic E-state index is 13.3. The number of methoxy groups -OCH3 is 1. The second kappa shape index (κ2) is 7.77. The van der Waals surface area contributed by atoms with Crippen molar-refractivity contribution < 1.29 is 23.8 Å². The highest BCUT2D eigenvalue weighted by Gasteiger charge is 2.44. The molecule has 0 unspecified atom stereocenters. The topological polar surface area (TPSA) is 98.0 Å². The zero-order chi connectivity index (χ0) is 22.2. The van der Waals surface area contributed by atoms with Crippen LogP contribution in [0.5, 0.6) is 17.2 Å². The number of ether oxygens (including phenoxy) is 2. The maximum atomic E-state index is 13.3. The van der Waals surface area contributed by atoms with E-state index in [1.807, 2.05) is 24.3 Å². The summed E-state index contributed by atoms with van der Waals surface area (Å²) in [6.45, 7) is 0. The Morgan fingerprint density at radius 3 is 2.56 bits per heavy atom. The summed E-state index contributed by atoms with van der Waals surface area (Å²) in [7, 11) is 1.43. The largest absolute Gasteiger partial charge is 0.504 e. The molecule has 0 aliphatic carbocycles. The quantitative estimate of drug-likeness (QED) is 0.475. The van der Waals surface area contributed by atoms with Crippen molar-refractivity contribution in [3.05, 3.63) is 94.3 Å². The molecule has 0 saturated carbocycles. The zero-order valence-corrected chi connectivity index (χ0v) is 17.1. The van der Waals surface area contributed by atoms with Crippen LogP contribution < -0.4 is 20.4 Å². The lowest BCUT2D eigenvalue weighted by Gasteiger charge is -2.19. The van der Waals surface area contributed by atoms with Crippen molar-refractivity contribution in [3.8, 4) is 17.2 Å². The molecule has 0 bridgehead atoms. The third-order valence-electron chi connectivity index (χ3n) is 5.52. The Balaban J connectivity index is 1.67. The highest BCUT2D eigenvalue weighted by Crippen LogP contribution is 2.45. The van der Waals surface area contributed by atoms with Gasteiger partial charge in [0.05, 0.1) is 24.0 Å². The second-order valence-electron chi connectivity index (χ2n) is 7.43. The number of hydrogen-bond acceptors (Lipinski definition) is 6. The second-order valence-corrected chi connectivity index (χ2v) is 7.43. The molecule has 2 heterocycles. The van der Waals surface area contributed by atoms with E-state index in [9.17, 15) is 14.7 Å². The third kappa shape index (κ3) is 3.24. The molecule has 1 aliphatic heterocycles. The fourth-order valence-corrected chi connectivity index (χ4v) is 4.05. The van der Waals surface area contributed by atoms with E-state index in [0.717, 1.165) is 0 Å². The van der Waals surface area contributed by atoms with Crippen LogP contribution in [0.3, 0.4) is 0 Å². The molecule has 5 rings (SSSR count). The van der Waals surface area contributed by atoms with Crippen LogP contribution >= 0.6 is 0 Å². The molecule has 2 atom stereocenters. The number of amides is 1. The lowest BCUT2D eigenvalue weighted by atomic mass is 9.88. The summed E-state index contributed by atoms with van der Waals surface area (Å²) in [6.07, 6.45) is -1.03. The van der Waals surface area contributed by atoms with Gasteiger partial charge in [0.2, 0.25) is 0 Å². The van der Waals surface area contributed by atoms with E-state index in [1.165, 1.54) is 13.2 Å². The molecule has 160 valence electrons. The van der Waals surface area contributed by atoms with Crippen LogP contribution in [0.15, 0.2) is 82.0 Å². The Labute approximate surface area is 182 Å². The highest BCUT2D eigenvalue weighted by atomic mass is 16.5. The van der Waals surface area contributed by atoms with Gasteiger partial charge in [0, 0.05) is 5.69 Å². The van der Waals surface area contributed by atoms with Crippen LogP contribution in [0.1, 0.15) is 17.0 Å². The van der Waals surface area contributed by atoms with Crippen molar-refractivity contribution in [1.82, 2.24) is 0 Å². The summed E-state index contributed by atoms with van der Waals surface area (Å²) >= 11 is 0. The first kappa shape index (κ1) is 19.7. The number of carbonyl (C=O) groups is 1. The molecular weight excluding hydrogens is 410 g/mol. The summed E-state index contributed by atoms with van der Waals surface area (Å²) < 4.78 is 16.9. The average molecular weight is 429 g/mol. The Morgan fingerprint density at radius 2 is 1.78 bits per heavy atom. The molecule has 7 nitrogen and oxygen atoms in total. The molecule has 0 saturated heterocycles. The van der Waals surface area contributed by atoms with Crippen molar-refractivity contribution in [2.24, 2.45) is 0 Å². The van der Waals surface area contributed by atoms with Gasteiger partial charge in [-0.25, -0.2) is 4.79 Å². The summed E-state index contributed by atoms with van der Waals surface area (Å²) in [5, 5.41) is 13.5. The molecule has 7 heteroatoms. The monoisotopic (exact) mass is 429 g/mol. The van der Waals surface area contributed by atoms with Crippen LogP contribution in [0.25, 0.3) is 11.0 Å². The number of rotatable bonds is 4. The number of benzene rings is 3. The van der Waals surface area contributed by atoms with E-state index in [1.54, 1.807) is 42.5 Å². The molecular formula is C25H19NO6. The van der Waals surface area contributed by atoms with Gasteiger partial charge in [0.25, 0.3) is 5.91 Å². The van der Waals surface area contributed by atoms with E-state index in [0.29, 0.717) is 28.0 Å². The van der Waals surface area contributed by atoms with Gasteiger partial charge in [-0.05, 0) is 42.0 Å². The molecule has 0 spiro atoms. The molecule has 0 radical (unpaired) electrons. The van der Waals surface area contributed by atoms with Gasteiger partial charge < -0.3 is 24.3 Å². The van der Waals surface area contributed by atoms with Gasteiger partial charge in [-0.1, -0.05) is 36.4 Å². The molecule has 32 heavy (non-hydrogen) atoms. The SMILES string of the molecule is COc1cc([C@@H]2c3c(c4ccccc4oc3=O)O[C@H]2C(=O)Nc2ccccc2)ccc1O. The predicted octanol–water partition coefficient (Wildman–Crippen LogP) is 4.04. The van der Waals surface area contributed by atoms with Crippen LogP contribution in [0.2, 0.25) is 0 Å². The number of aromatic hydroxyl groups is 1. The van der Waals surface area contributed by atoms with E-state index in [4.69, 9.17) is 13.9 Å². The molecule has 1 amide bonds. The Hall–Kier alpha value is -4.26. The number of fused-ring (bicyclic) bond motifs is 3. The van der Waals surface area contributed by atoms with Crippen LogP contribution in [-0.2, 0) is 4.79 Å². The van der Waals surface area contributed by atoms with Gasteiger partial charge in [0.15, 0.2) is 17.6 Å². The molecule has 3 aromatic carbocycles. The highest BCUT2D eigenvalue weighted by molar-refractivity contribution is 5.97. The number of nitrogens with one attached hydrogen (secondary N) is 1. The van der Waals surface area contributed by atoms with Crippen LogP contribution in [0, 0.1) is 0 Å². The number of phenols is 1. The van der Waals surface area contributed by atoms with E-state index in [-0.39, 0.29) is 17.1 Å². The van der Waals surface area contributed by atoms with E-state index >= 15 is 0 Å².